The van der Waals surface area contributed by atoms with E-state index in [1.807, 2.05) is 0 Å². The number of halogens is 1. The smallest absolute Gasteiger partial charge is 0.322 e. The number of nitrogens with zero attached hydrogens (tertiary/aromatic N) is 1. The summed E-state index contributed by atoms with van der Waals surface area (Å²) in [5.74, 6) is -2.06. The van der Waals surface area contributed by atoms with E-state index >= 15 is 0 Å². The summed E-state index contributed by atoms with van der Waals surface area (Å²) in [5.41, 5.74) is 1.42. The summed E-state index contributed by atoms with van der Waals surface area (Å²) in [6.07, 6.45) is 1.43. The van der Waals surface area contributed by atoms with Gasteiger partial charge in [-0.1, -0.05) is 18.2 Å². The Bertz CT molecular complexity index is 641. The van der Waals surface area contributed by atoms with E-state index in [1.165, 1.54) is 24.4 Å². The molecule has 5 nitrogen and oxygen atoms in total. The first-order chi connectivity index (χ1) is 9.56. The first-order valence-electron chi connectivity index (χ1n) is 5.78. The fourth-order valence-corrected chi connectivity index (χ4v) is 1.61. The molecule has 2 rings (SSSR count). The highest BCUT2D eigenvalue weighted by atomic mass is 19.1. The largest absolute Gasteiger partial charge is 0.480 e. The van der Waals surface area contributed by atoms with Gasteiger partial charge in [-0.05, 0) is 23.8 Å². The zero-order valence-corrected chi connectivity index (χ0v) is 10.3. The SMILES string of the molecule is O=C(O)CNC(=O)c1ccc(-c2cccc(F)c2)cn1. The minimum Gasteiger partial charge on any atom is -0.480 e. The zero-order valence-electron chi connectivity index (χ0n) is 10.3. The number of carbonyl (C=O) groups excluding carboxylic acids is 1. The normalized spacial score (nSPS) is 10.1. The summed E-state index contributed by atoms with van der Waals surface area (Å²) >= 11 is 0. The quantitative estimate of drug-likeness (QED) is 0.889. The van der Waals surface area contributed by atoms with Crippen LogP contribution in [-0.4, -0.2) is 28.5 Å². The highest BCUT2D eigenvalue weighted by Gasteiger charge is 2.09. The lowest BCUT2D eigenvalue weighted by Gasteiger charge is -2.04. The first kappa shape index (κ1) is 13.7. The van der Waals surface area contributed by atoms with Gasteiger partial charge in [0.15, 0.2) is 0 Å². The molecule has 20 heavy (non-hydrogen) atoms. The minimum absolute atomic E-state index is 0.103. The zero-order chi connectivity index (χ0) is 14.5. The van der Waals surface area contributed by atoms with Crippen molar-refractivity contribution in [3.8, 4) is 11.1 Å². The fourth-order valence-electron chi connectivity index (χ4n) is 1.61. The average Bonchev–Trinajstić information content (AvgIpc) is 2.45. The molecule has 0 aliphatic heterocycles. The Balaban J connectivity index is 2.14. The third kappa shape index (κ3) is 3.38. The van der Waals surface area contributed by atoms with E-state index in [1.54, 1.807) is 18.2 Å². The Kier molecular flexibility index (Phi) is 4.05. The number of rotatable bonds is 4. The van der Waals surface area contributed by atoms with Gasteiger partial charge in [0.05, 0.1) is 0 Å². The van der Waals surface area contributed by atoms with Gasteiger partial charge in [-0.15, -0.1) is 0 Å². The van der Waals surface area contributed by atoms with Crippen molar-refractivity contribution in [3.05, 3.63) is 54.1 Å². The molecular formula is C14H11FN2O3. The molecule has 0 atom stereocenters. The molecule has 1 heterocycles. The third-order valence-electron chi connectivity index (χ3n) is 2.55. The standard InChI is InChI=1S/C14H11FN2O3/c15-11-3-1-2-9(6-11)10-4-5-12(16-7-10)14(20)17-8-13(18)19/h1-7H,8H2,(H,17,20)(H,18,19). The summed E-state index contributed by atoms with van der Waals surface area (Å²) in [7, 11) is 0. The van der Waals surface area contributed by atoms with Crippen molar-refractivity contribution in [1.82, 2.24) is 10.3 Å². The number of hydrogen-bond donors (Lipinski definition) is 2. The van der Waals surface area contributed by atoms with Gasteiger partial charge in [-0.25, -0.2) is 4.39 Å². The second kappa shape index (κ2) is 5.92. The Morgan fingerprint density at radius 1 is 1.20 bits per heavy atom. The second-order valence-corrected chi connectivity index (χ2v) is 4.02. The van der Waals surface area contributed by atoms with Crippen LogP contribution in [0.5, 0.6) is 0 Å². The molecule has 0 saturated carbocycles. The number of pyridine rings is 1. The summed E-state index contributed by atoms with van der Waals surface area (Å²) < 4.78 is 13.1. The van der Waals surface area contributed by atoms with Gasteiger partial charge >= 0.3 is 5.97 Å². The molecule has 102 valence electrons. The molecule has 0 aliphatic rings. The summed E-state index contributed by atoms with van der Waals surface area (Å²) in [5, 5.41) is 10.7. The van der Waals surface area contributed by atoms with Gasteiger partial charge in [0.1, 0.15) is 18.1 Å². The molecule has 2 aromatic rings. The van der Waals surface area contributed by atoms with Crippen LogP contribution in [0.4, 0.5) is 4.39 Å². The van der Waals surface area contributed by atoms with Crippen molar-refractivity contribution < 1.29 is 19.1 Å². The Morgan fingerprint density at radius 2 is 2.00 bits per heavy atom. The Hall–Kier alpha value is -2.76. The maximum Gasteiger partial charge on any atom is 0.322 e. The summed E-state index contributed by atoms with van der Waals surface area (Å²) in [4.78, 5) is 25.8. The van der Waals surface area contributed by atoms with Crippen molar-refractivity contribution in [2.24, 2.45) is 0 Å². The van der Waals surface area contributed by atoms with Crippen LogP contribution in [0, 0.1) is 5.82 Å². The van der Waals surface area contributed by atoms with Crippen LogP contribution in [0.15, 0.2) is 42.6 Å². The molecule has 1 amide bonds. The van der Waals surface area contributed by atoms with E-state index in [0.717, 1.165) is 0 Å². The van der Waals surface area contributed by atoms with Crippen molar-refractivity contribution in [2.45, 2.75) is 0 Å². The summed E-state index contributed by atoms with van der Waals surface area (Å²) in [6.45, 7) is -0.466. The van der Waals surface area contributed by atoms with Crippen LogP contribution in [0.1, 0.15) is 10.5 Å². The van der Waals surface area contributed by atoms with Crippen molar-refractivity contribution in [2.75, 3.05) is 6.54 Å². The topological polar surface area (TPSA) is 79.3 Å². The van der Waals surface area contributed by atoms with E-state index in [9.17, 15) is 14.0 Å². The molecule has 1 aromatic heterocycles. The van der Waals surface area contributed by atoms with Crippen LogP contribution in [0.25, 0.3) is 11.1 Å². The van der Waals surface area contributed by atoms with Crippen LogP contribution in [0.3, 0.4) is 0 Å². The van der Waals surface area contributed by atoms with E-state index in [-0.39, 0.29) is 11.5 Å². The van der Waals surface area contributed by atoms with Crippen molar-refractivity contribution in [1.29, 1.82) is 0 Å². The molecule has 1 aromatic carbocycles. The van der Waals surface area contributed by atoms with Gasteiger partial charge in [0.2, 0.25) is 0 Å². The highest BCUT2D eigenvalue weighted by Crippen LogP contribution is 2.19. The molecule has 0 radical (unpaired) electrons. The predicted octanol–water partition coefficient (Wildman–Crippen LogP) is 1.70. The number of carboxylic acids is 1. The average molecular weight is 274 g/mol. The number of carbonyl (C=O) groups is 2. The van der Waals surface area contributed by atoms with Crippen molar-refractivity contribution in [3.63, 3.8) is 0 Å². The molecule has 0 spiro atoms. The maximum absolute atomic E-state index is 13.1. The molecule has 0 unspecified atom stereocenters. The molecule has 0 aliphatic carbocycles. The van der Waals surface area contributed by atoms with Gasteiger partial charge in [-0.2, -0.15) is 0 Å². The van der Waals surface area contributed by atoms with E-state index in [4.69, 9.17) is 5.11 Å². The number of hydrogen-bond acceptors (Lipinski definition) is 3. The van der Waals surface area contributed by atoms with E-state index < -0.39 is 18.4 Å². The van der Waals surface area contributed by atoms with Crippen LogP contribution >= 0.6 is 0 Å². The van der Waals surface area contributed by atoms with Gasteiger partial charge in [0.25, 0.3) is 5.91 Å². The van der Waals surface area contributed by atoms with Crippen LogP contribution in [0.2, 0.25) is 0 Å². The summed E-state index contributed by atoms with van der Waals surface area (Å²) in [6, 6.07) is 9.09. The lowest BCUT2D eigenvalue weighted by Crippen LogP contribution is -2.29. The lowest BCUT2D eigenvalue weighted by molar-refractivity contribution is -0.135. The fraction of sp³-hybridized carbons (Fsp3) is 0.0714. The van der Waals surface area contributed by atoms with Gasteiger partial charge in [0, 0.05) is 11.8 Å². The monoisotopic (exact) mass is 274 g/mol. The minimum atomic E-state index is -1.13. The number of aromatic nitrogens is 1. The number of aliphatic carboxylic acids is 1. The van der Waals surface area contributed by atoms with Crippen LogP contribution in [-0.2, 0) is 4.79 Å². The number of amides is 1. The molecule has 2 N–H and O–H groups in total. The number of nitrogens with one attached hydrogen (secondary N) is 1. The molecular weight excluding hydrogens is 263 g/mol. The molecule has 6 heteroatoms. The van der Waals surface area contributed by atoms with Crippen molar-refractivity contribution >= 4 is 11.9 Å². The van der Waals surface area contributed by atoms with Crippen LogP contribution < -0.4 is 5.32 Å². The first-order valence-corrected chi connectivity index (χ1v) is 5.78. The molecule has 0 saturated heterocycles. The van der Waals surface area contributed by atoms with Gasteiger partial charge in [-0.3, -0.25) is 14.6 Å². The maximum atomic E-state index is 13.1. The lowest BCUT2D eigenvalue weighted by atomic mass is 10.1. The third-order valence-corrected chi connectivity index (χ3v) is 2.55. The molecule has 0 fully saturated rings. The Labute approximate surface area is 114 Å². The number of carboxylic acid groups (broad SMARTS) is 1. The highest BCUT2D eigenvalue weighted by molar-refractivity contribution is 5.94. The predicted molar refractivity (Wildman–Crippen MR) is 69.6 cm³/mol. The Morgan fingerprint density at radius 3 is 2.60 bits per heavy atom. The van der Waals surface area contributed by atoms with E-state index in [2.05, 4.69) is 10.3 Å². The number of benzene rings is 1. The molecule has 0 bridgehead atoms. The second-order valence-electron chi connectivity index (χ2n) is 4.02. The van der Waals surface area contributed by atoms with Gasteiger partial charge < -0.3 is 10.4 Å². The van der Waals surface area contributed by atoms with E-state index in [0.29, 0.717) is 11.1 Å².